The Morgan fingerprint density at radius 3 is 2.60 bits per heavy atom. The fourth-order valence-electron chi connectivity index (χ4n) is 2.23. The lowest BCUT2D eigenvalue weighted by molar-refractivity contribution is -0.222. The lowest BCUT2D eigenvalue weighted by atomic mass is 9.60. The number of hydrogen-bond acceptors (Lipinski definition) is 5. The summed E-state index contributed by atoms with van der Waals surface area (Å²) in [6.07, 6.45) is -0.762. The standard InChI is InChI=1S/C9H14B3FN2O5/c10-8(15-2-1-5(17)14-6(15)18)4(16)3-7(13,20-8)9(11,12)19/h1-2,4,16,19H,3,10-12H2,(H,14,17,18)/t4-,7+,8+/m1/s1. The highest BCUT2D eigenvalue weighted by atomic mass is 19.2. The highest BCUT2D eigenvalue weighted by Gasteiger charge is 2.60. The van der Waals surface area contributed by atoms with Gasteiger partial charge in [-0.2, -0.15) is 0 Å². The highest BCUT2D eigenvalue weighted by molar-refractivity contribution is 6.39. The highest BCUT2D eigenvalue weighted by Crippen LogP contribution is 2.43. The summed E-state index contributed by atoms with van der Waals surface area (Å²) in [6.45, 7) is 0. The Kier molecular flexibility index (Phi) is 3.27. The summed E-state index contributed by atoms with van der Waals surface area (Å²) in [5.41, 5.74) is -3.17. The molecule has 0 spiro atoms. The smallest absolute Gasteiger partial charge is 0.330 e. The quantitative estimate of drug-likeness (QED) is 0.472. The van der Waals surface area contributed by atoms with Crippen molar-refractivity contribution in [1.82, 2.24) is 9.55 Å². The van der Waals surface area contributed by atoms with Crippen molar-refractivity contribution in [2.75, 3.05) is 0 Å². The first-order valence-electron chi connectivity index (χ1n) is 6.12. The Balaban J connectivity index is 2.51. The van der Waals surface area contributed by atoms with Crippen LogP contribution in [0.1, 0.15) is 6.42 Å². The van der Waals surface area contributed by atoms with E-state index in [9.17, 15) is 24.2 Å². The van der Waals surface area contributed by atoms with Gasteiger partial charge in [0.1, 0.15) is 21.3 Å². The SMILES string of the molecule is BC(B)(O)[C@]1(F)C[C@@H](O)[C@](B)(n2ccc(=O)[nH]c2=O)O1. The van der Waals surface area contributed by atoms with Gasteiger partial charge in [0.2, 0.25) is 5.85 Å². The molecule has 1 fully saturated rings. The Labute approximate surface area is 116 Å². The average Bonchev–Trinajstić information content (AvgIpc) is 2.50. The van der Waals surface area contributed by atoms with Gasteiger partial charge in [0.15, 0.2) is 7.85 Å². The van der Waals surface area contributed by atoms with Gasteiger partial charge in [-0.05, 0) is 0 Å². The van der Waals surface area contributed by atoms with Crippen LogP contribution in [-0.4, -0.2) is 60.7 Å². The first kappa shape index (κ1) is 15.1. The van der Waals surface area contributed by atoms with Gasteiger partial charge in [-0.15, -0.1) is 0 Å². The van der Waals surface area contributed by atoms with Crippen molar-refractivity contribution in [2.24, 2.45) is 0 Å². The van der Waals surface area contributed by atoms with Crippen LogP contribution in [0.5, 0.6) is 0 Å². The molecule has 1 aromatic rings. The summed E-state index contributed by atoms with van der Waals surface area (Å²) < 4.78 is 20.7. The fraction of sp³-hybridized carbons (Fsp3) is 0.556. The third-order valence-electron chi connectivity index (χ3n) is 3.66. The van der Waals surface area contributed by atoms with Crippen molar-refractivity contribution >= 4 is 23.5 Å². The van der Waals surface area contributed by atoms with E-state index < -0.39 is 40.7 Å². The van der Waals surface area contributed by atoms with Gasteiger partial charge in [0.25, 0.3) is 5.56 Å². The van der Waals surface area contributed by atoms with E-state index >= 15 is 0 Å². The average molecular weight is 282 g/mol. The molecule has 1 aromatic heterocycles. The van der Waals surface area contributed by atoms with Crippen LogP contribution in [0.3, 0.4) is 0 Å². The largest absolute Gasteiger partial charge is 0.402 e. The number of halogens is 1. The topological polar surface area (TPSA) is 105 Å². The third-order valence-corrected chi connectivity index (χ3v) is 3.66. The number of alkyl halides is 1. The second kappa shape index (κ2) is 4.34. The van der Waals surface area contributed by atoms with E-state index in [0.29, 0.717) is 0 Å². The summed E-state index contributed by atoms with van der Waals surface area (Å²) >= 11 is 0. The number of nitrogens with one attached hydrogen (secondary N) is 1. The van der Waals surface area contributed by atoms with Crippen LogP contribution in [-0.2, 0) is 10.4 Å². The Morgan fingerprint density at radius 2 is 2.15 bits per heavy atom. The minimum atomic E-state index is -2.52. The van der Waals surface area contributed by atoms with Crippen molar-refractivity contribution in [3.8, 4) is 0 Å². The van der Waals surface area contributed by atoms with Crippen LogP contribution in [0.15, 0.2) is 21.9 Å². The van der Waals surface area contributed by atoms with E-state index in [-0.39, 0.29) is 0 Å². The number of aromatic amines is 1. The van der Waals surface area contributed by atoms with Crippen molar-refractivity contribution < 1.29 is 19.3 Å². The van der Waals surface area contributed by atoms with Gasteiger partial charge in [-0.3, -0.25) is 14.3 Å². The number of aliphatic hydroxyl groups is 2. The molecular formula is C9H14B3FN2O5. The van der Waals surface area contributed by atoms with E-state index in [1.807, 2.05) is 4.98 Å². The molecule has 3 atom stereocenters. The first-order valence-corrected chi connectivity index (χ1v) is 6.12. The predicted molar refractivity (Wildman–Crippen MR) is 75.4 cm³/mol. The number of hydrogen-bond donors (Lipinski definition) is 3. The predicted octanol–water partition coefficient (Wildman–Crippen LogP) is -4.86. The molecule has 1 aliphatic heterocycles. The van der Waals surface area contributed by atoms with Crippen molar-refractivity contribution in [3.63, 3.8) is 0 Å². The summed E-state index contributed by atoms with van der Waals surface area (Å²) in [7, 11) is 3.73. The van der Waals surface area contributed by atoms with Crippen LogP contribution in [0.25, 0.3) is 0 Å². The molecule has 106 valence electrons. The zero-order valence-corrected chi connectivity index (χ0v) is 11.4. The van der Waals surface area contributed by atoms with Crippen LogP contribution < -0.4 is 11.2 Å². The number of aromatic nitrogens is 2. The molecule has 0 aromatic carbocycles. The van der Waals surface area contributed by atoms with Crippen LogP contribution in [0.2, 0.25) is 0 Å². The van der Waals surface area contributed by atoms with Gasteiger partial charge >= 0.3 is 5.69 Å². The van der Waals surface area contributed by atoms with Crippen molar-refractivity contribution in [3.05, 3.63) is 33.1 Å². The molecule has 1 aliphatic rings. The zero-order chi connectivity index (χ0) is 15.3. The molecule has 0 bridgehead atoms. The maximum Gasteiger partial charge on any atom is 0.330 e. The number of rotatable bonds is 2. The molecule has 11 heteroatoms. The molecule has 0 saturated carbocycles. The fourth-order valence-corrected chi connectivity index (χ4v) is 2.23. The Hall–Kier alpha value is -1.32. The molecule has 3 N–H and O–H groups in total. The maximum atomic E-state index is 14.6. The van der Waals surface area contributed by atoms with Gasteiger partial charge in [0, 0.05) is 18.7 Å². The zero-order valence-electron chi connectivity index (χ0n) is 11.4. The maximum absolute atomic E-state index is 14.6. The monoisotopic (exact) mass is 282 g/mol. The second-order valence-corrected chi connectivity index (χ2v) is 5.64. The van der Waals surface area contributed by atoms with E-state index in [0.717, 1.165) is 16.8 Å². The van der Waals surface area contributed by atoms with Crippen molar-refractivity contribution in [1.29, 1.82) is 0 Å². The van der Waals surface area contributed by atoms with E-state index in [1.165, 1.54) is 23.5 Å². The molecule has 0 unspecified atom stereocenters. The van der Waals surface area contributed by atoms with Gasteiger partial charge < -0.3 is 14.9 Å². The summed E-state index contributed by atoms with van der Waals surface area (Å²) in [5.74, 6) is -2.52. The van der Waals surface area contributed by atoms with Crippen molar-refractivity contribution in [2.45, 2.75) is 29.4 Å². The minimum absolute atomic E-state index is 0.501. The number of ether oxygens (including phenoxy) is 1. The van der Waals surface area contributed by atoms with E-state index in [1.54, 1.807) is 0 Å². The van der Waals surface area contributed by atoms with Gasteiger partial charge in [-0.25, -0.2) is 9.18 Å². The molecule has 2 heterocycles. The number of aliphatic hydroxyl groups excluding tert-OH is 1. The van der Waals surface area contributed by atoms with E-state index in [4.69, 9.17) is 4.74 Å². The Bertz CT molecular complexity index is 643. The van der Waals surface area contributed by atoms with Crippen LogP contribution >= 0.6 is 0 Å². The molecule has 0 radical (unpaired) electrons. The summed E-state index contributed by atoms with van der Waals surface area (Å²) in [6, 6.07) is 1.06. The summed E-state index contributed by atoms with van der Waals surface area (Å²) in [4.78, 5) is 24.8. The Morgan fingerprint density at radius 1 is 1.55 bits per heavy atom. The number of nitrogens with zero attached hydrogens (tertiary/aromatic N) is 1. The molecule has 1 saturated heterocycles. The van der Waals surface area contributed by atoms with Gasteiger partial charge in [0.05, 0.1) is 11.5 Å². The molecule has 2 rings (SSSR count). The second-order valence-electron chi connectivity index (χ2n) is 5.64. The molecular weight excluding hydrogens is 268 g/mol. The molecule has 0 aliphatic carbocycles. The van der Waals surface area contributed by atoms with Crippen LogP contribution in [0, 0.1) is 0 Å². The van der Waals surface area contributed by atoms with Crippen LogP contribution in [0.4, 0.5) is 4.39 Å². The minimum Gasteiger partial charge on any atom is -0.402 e. The molecule has 20 heavy (non-hydrogen) atoms. The number of H-pyrrole nitrogens is 1. The normalized spacial score (nSPS) is 34.2. The lowest BCUT2D eigenvalue weighted by Gasteiger charge is -2.36. The van der Waals surface area contributed by atoms with Gasteiger partial charge in [-0.1, -0.05) is 0 Å². The first-order chi connectivity index (χ1) is 8.99. The lowest BCUT2D eigenvalue weighted by Crippen LogP contribution is -2.55. The molecule has 0 amide bonds. The van der Waals surface area contributed by atoms with E-state index in [2.05, 4.69) is 0 Å². The third kappa shape index (κ3) is 2.15. The summed E-state index contributed by atoms with van der Waals surface area (Å²) in [5, 5.41) is 18.0. The molecule has 7 nitrogen and oxygen atoms in total.